The van der Waals surface area contributed by atoms with Crippen LogP contribution in [0.1, 0.15) is 162 Å². The first-order valence-electron chi connectivity index (χ1n) is 27.6. The van der Waals surface area contributed by atoms with E-state index in [9.17, 15) is 28.8 Å². The van der Waals surface area contributed by atoms with Crippen molar-refractivity contribution in [2.24, 2.45) is 58.0 Å². The van der Waals surface area contributed by atoms with Crippen LogP contribution in [0.3, 0.4) is 0 Å². The highest BCUT2D eigenvalue weighted by molar-refractivity contribution is 6.00. The number of rotatable bonds is 25. The molecule has 6 N–H and O–H groups in total. The first kappa shape index (κ1) is 57.0. The van der Waals surface area contributed by atoms with Crippen LogP contribution in [0.2, 0.25) is 0 Å². The number of nitrogens with two attached hydrogens (primary N) is 1. The summed E-state index contributed by atoms with van der Waals surface area (Å²) in [6.07, 6.45) is 16.5. The first-order chi connectivity index (χ1) is 34.8. The molecule has 0 aromatic heterocycles. The number of nitrogens with one attached hydrogen (secondary N) is 4. The Hall–Kier alpha value is -5.24. The number of hydrogen-bond donors (Lipinski definition) is 5. The van der Waals surface area contributed by atoms with Gasteiger partial charge in [0.25, 0.3) is 0 Å². The summed E-state index contributed by atoms with van der Waals surface area (Å²) < 4.78 is 16.8. The smallest absolute Gasteiger partial charge is 0.429 e. The SMILES string of the molecule is CC[C@H](C)[C@H](NC(=O)CCC(=O)NCCCO[C@H]1CC[C@@]2(C)C(=CC[C@H]3[C@@H]4CC[C@H]([C@H](C)CCCC(C)C)[C@@]4(C)CC[C@@H]32)C1)C(=O)N[C@@H](CC(N)=O)C(=O)Nc1ccc(COC(=O)Oc2ccc(C)cc2)cc1. The maximum absolute atomic E-state index is 13.6. The fourth-order valence-corrected chi connectivity index (χ4v) is 13.1. The third kappa shape index (κ3) is 15.4. The summed E-state index contributed by atoms with van der Waals surface area (Å²) in [5.74, 6) is 1.97. The Bertz CT molecular complexity index is 2230. The van der Waals surface area contributed by atoms with E-state index in [0.29, 0.717) is 48.4 Å². The van der Waals surface area contributed by atoms with Crippen LogP contribution in [-0.4, -0.2) is 67.0 Å². The molecule has 14 nitrogen and oxygen atoms in total. The van der Waals surface area contributed by atoms with Crippen LogP contribution in [0.5, 0.6) is 5.75 Å². The van der Waals surface area contributed by atoms with Crippen molar-refractivity contribution < 1.29 is 43.0 Å². The van der Waals surface area contributed by atoms with Gasteiger partial charge in [-0.3, -0.25) is 24.0 Å². The minimum absolute atomic E-state index is 0.0633. The van der Waals surface area contributed by atoms with Crippen molar-refractivity contribution in [1.82, 2.24) is 16.0 Å². The fourth-order valence-electron chi connectivity index (χ4n) is 13.1. The molecule has 6 rings (SSSR count). The van der Waals surface area contributed by atoms with Crippen molar-refractivity contribution in [3.8, 4) is 5.75 Å². The molecule has 0 bridgehead atoms. The molecular weight excluding hydrogens is 923 g/mol. The van der Waals surface area contributed by atoms with Gasteiger partial charge in [-0.15, -0.1) is 0 Å². The van der Waals surface area contributed by atoms with Crippen LogP contribution < -0.4 is 31.7 Å². The molecule has 402 valence electrons. The number of amides is 5. The Morgan fingerprint density at radius 1 is 0.808 bits per heavy atom. The molecule has 5 amide bonds. The quantitative estimate of drug-likeness (QED) is 0.0277. The number of primary amides is 1. The Kier molecular flexibility index (Phi) is 20.6. The Labute approximate surface area is 435 Å². The minimum Gasteiger partial charge on any atom is -0.429 e. The number of ether oxygens (including phenoxy) is 3. The van der Waals surface area contributed by atoms with Crippen molar-refractivity contribution in [3.05, 3.63) is 71.3 Å². The fraction of sp³-hybridized carbons (Fsp3) is 0.661. The summed E-state index contributed by atoms with van der Waals surface area (Å²) in [5, 5.41) is 10.9. The van der Waals surface area contributed by atoms with Crippen LogP contribution in [0.15, 0.2) is 60.2 Å². The van der Waals surface area contributed by atoms with Gasteiger partial charge in [-0.05, 0) is 147 Å². The molecule has 3 saturated carbocycles. The topological polar surface area (TPSA) is 204 Å². The molecule has 11 atom stereocenters. The lowest BCUT2D eigenvalue weighted by Gasteiger charge is -2.58. The van der Waals surface area contributed by atoms with Gasteiger partial charge in [0, 0.05) is 31.7 Å². The number of allylic oxidation sites excluding steroid dienone is 1. The molecule has 4 aliphatic carbocycles. The van der Waals surface area contributed by atoms with E-state index in [1.807, 2.05) is 26.0 Å². The van der Waals surface area contributed by atoms with Crippen LogP contribution in [0.25, 0.3) is 0 Å². The molecule has 0 aliphatic heterocycles. The van der Waals surface area contributed by atoms with Crippen molar-refractivity contribution in [2.75, 3.05) is 18.5 Å². The second-order valence-corrected chi connectivity index (χ2v) is 23.0. The summed E-state index contributed by atoms with van der Waals surface area (Å²) in [4.78, 5) is 77.2. The lowest BCUT2D eigenvalue weighted by molar-refractivity contribution is -0.133. The zero-order valence-electron chi connectivity index (χ0n) is 45.2. The number of anilines is 1. The van der Waals surface area contributed by atoms with Crippen molar-refractivity contribution in [2.45, 2.75) is 183 Å². The van der Waals surface area contributed by atoms with Gasteiger partial charge in [0.05, 0.1) is 12.5 Å². The normalized spacial score (nSPS) is 25.8. The zero-order valence-corrected chi connectivity index (χ0v) is 45.2. The van der Waals surface area contributed by atoms with Crippen molar-refractivity contribution in [3.63, 3.8) is 0 Å². The Balaban J connectivity index is 0.888. The second kappa shape index (κ2) is 26.3. The second-order valence-electron chi connectivity index (χ2n) is 23.0. The number of aryl methyl sites for hydroxylation is 1. The predicted molar refractivity (Wildman–Crippen MR) is 284 cm³/mol. The molecule has 0 heterocycles. The third-order valence-corrected chi connectivity index (χ3v) is 17.5. The van der Waals surface area contributed by atoms with Crippen LogP contribution in [0.4, 0.5) is 10.5 Å². The molecule has 0 unspecified atom stereocenters. The molecule has 0 radical (unpaired) electrons. The number of hydrogen-bond acceptors (Lipinski definition) is 9. The number of fused-ring (bicyclic) bond motifs is 5. The zero-order chi connectivity index (χ0) is 52.9. The summed E-state index contributed by atoms with van der Waals surface area (Å²) in [7, 11) is 0. The molecule has 14 heteroatoms. The number of benzene rings is 2. The average Bonchev–Trinajstić information content (AvgIpc) is 3.72. The summed E-state index contributed by atoms with van der Waals surface area (Å²) in [6, 6.07) is 11.0. The summed E-state index contributed by atoms with van der Waals surface area (Å²) >= 11 is 0. The Morgan fingerprint density at radius 3 is 2.23 bits per heavy atom. The van der Waals surface area contributed by atoms with E-state index >= 15 is 0 Å². The van der Waals surface area contributed by atoms with E-state index in [1.54, 1.807) is 48.9 Å². The maximum Gasteiger partial charge on any atom is 0.514 e. The van der Waals surface area contributed by atoms with Crippen LogP contribution in [-0.2, 0) is 40.1 Å². The lowest BCUT2D eigenvalue weighted by Crippen LogP contribution is -2.55. The first-order valence-corrected chi connectivity index (χ1v) is 27.6. The molecule has 2 aromatic carbocycles. The van der Waals surface area contributed by atoms with Gasteiger partial charge in [-0.2, -0.15) is 0 Å². The van der Waals surface area contributed by atoms with E-state index in [0.717, 1.165) is 53.9 Å². The van der Waals surface area contributed by atoms with E-state index in [4.69, 9.17) is 19.9 Å². The van der Waals surface area contributed by atoms with Gasteiger partial charge < -0.3 is 41.2 Å². The minimum atomic E-state index is -1.34. The van der Waals surface area contributed by atoms with Crippen molar-refractivity contribution in [1.29, 1.82) is 0 Å². The van der Waals surface area contributed by atoms with Gasteiger partial charge in [0.2, 0.25) is 29.5 Å². The number of carbonyl (C=O) groups is 6. The highest BCUT2D eigenvalue weighted by Crippen LogP contribution is 2.67. The molecule has 0 spiro atoms. The lowest BCUT2D eigenvalue weighted by atomic mass is 9.47. The molecule has 73 heavy (non-hydrogen) atoms. The van der Waals surface area contributed by atoms with Gasteiger partial charge in [-0.25, -0.2) is 4.79 Å². The Morgan fingerprint density at radius 2 is 1.53 bits per heavy atom. The van der Waals surface area contributed by atoms with Crippen LogP contribution >= 0.6 is 0 Å². The predicted octanol–water partition coefficient (Wildman–Crippen LogP) is 10.3. The van der Waals surface area contributed by atoms with E-state index < -0.39 is 48.3 Å². The van der Waals surface area contributed by atoms with E-state index in [1.165, 1.54) is 57.8 Å². The van der Waals surface area contributed by atoms with E-state index in [2.05, 4.69) is 62.0 Å². The molecular formula is C59H87N5O9. The highest BCUT2D eigenvalue weighted by atomic mass is 16.7. The highest BCUT2D eigenvalue weighted by Gasteiger charge is 2.59. The van der Waals surface area contributed by atoms with Crippen LogP contribution in [0, 0.1) is 59.2 Å². The summed E-state index contributed by atoms with van der Waals surface area (Å²) in [5.41, 5.74) is 9.83. The standard InChI is InChI=1S/C59H87N5O9/c1-9-39(5)54(56(69)63-50(35-51(60)65)55(68)62-43-19-16-41(17-20-43)36-72-57(70)73-44-21-14-38(4)15-22-44)64-53(67)27-26-52(66)61-32-11-33-71-45-28-30-58(7)42(34-45)18-23-46-48-25-24-47(40(6)13-10-12-37(2)3)59(48,8)31-29-49(46)58/h14-22,37,39-40,45-50,54H,9-13,23-36H2,1-8H3,(H2,60,65)(H,61,66)(H,62,68)(H,63,69)(H,64,67)/t39-,40+,45-,46-,47+,48-,49-,50-,54-,58-,59+/m0/s1. The largest absolute Gasteiger partial charge is 0.514 e. The van der Waals surface area contributed by atoms with Gasteiger partial charge in [0.1, 0.15) is 24.4 Å². The van der Waals surface area contributed by atoms with Gasteiger partial charge in [-0.1, -0.05) is 116 Å². The van der Waals surface area contributed by atoms with Gasteiger partial charge in [0.15, 0.2) is 0 Å². The molecule has 3 fully saturated rings. The average molecular weight is 1010 g/mol. The molecule has 4 aliphatic rings. The van der Waals surface area contributed by atoms with Gasteiger partial charge >= 0.3 is 6.16 Å². The maximum atomic E-state index is 13.6. The molecule has 2 aromatic rings. The summed E-state index contributed by atoms with van der Waals surface area (Å²) in [6.45, 7) is 19.0. The number of carbonyl (C=O) groups excluding carboxylic acids is 6. The monoisotopic (exact) mass is 1010 g/mol. The van der Waals surface area contributed by atoms with E-state index in [-0.39, 0.29) is 42.8 Å². The third-order valence-electron chi connectivity index (χ3n) is 17.5. The van der Waals surface area contributed by atoms with Crippen molar-refractivity contribution >= 4 is 41.4 Å². The molecule has 0 saturated heterocycles.